The van der Waals surface area contributed by atoms with E-state index in [4.69, 9.17) is 0 Å². The Morgan fingerprint density at radius 2 is 2.07 bits per heavy atom. The first-order chi connectivity index (χ1) is 13.7. The van der Waals surface area contributed by atoms with E-state index in [1.54, 1.807) is 18.5 Å². The predicted molar refractivity (Wildman–Crippen MR) is 104 cm³/mol. The maximum Gasteiger partial charge on any atom is 0.225 e. The molecule has 0 aromatic carbocycles. The summed E-state index contributed by atoms with van der Waals surface area (Å²) in [6.07, 6.45) is 5.79. The summed E-state index contributed by atoms with van der Waals surface area (Å²) >= 11 is 0. The number of rotatable bonds is 6. The highest BCUT2D eigenvalue weighted by Gasteiger charge is 2.25. The molecular weight excluding hydrogens is 359 g/mol. The predicted octanol–water partition coefficient (Wildman–Crippen LogP) is 4.01. The maximum absolute atomic E-state index is 14.4. The van der Waals surface area contributed by atoms with Gasteiger partial charge in [0.2, 0.25) is 5.95 Å². The van der Waals surface area contributed by atoms with Gasteiger partial charge in [0.1, 0.15) is 11.6 Å². The third kappa shape index (κ3) is 3.26. The highest BCUT2D eigenvalue weighted by molar-refractivity contribution is 5.75. The van der Waals surface area contributed by atoms with Gasteiger partial charge in [-0.25, -0.2) is 14.4 Å². The van der Waals surface area contributed by atoms with Crippen LogP contribution in [0.3, 0.4) is 0 Å². The second-order valence-corrected chi connectivity index (χ2v) is 7.01. The molecule has 8 nitrogen and oxygen atoms in total. The first kappa shape index (κ1) is 16.7. The van der Waals surface area contributed by atoms with E-state index in [0.717, 1.165) is 5.69 Å². The lowest BCUT2D eigenvalue weighted by molar-refractivity contribution is 0.590. The smallest absolute Gasteiger partial charge is 0.225 e. The Morgan fingerprint density at radius 1 is 1.18 bits per heavy atom. The number of halogens is 1. The molecular formula is C19H19FN8. The molecule has 5 rings (SSSR count). The lowest BCUT2D eigenvalue weighted by Gasteiger charge is -2.14. The summed E-state index contributed by atoms with van der Waals surface area (Å²) in [4.78, 5) is 16.0. The summed E-state index contributed by atoms with van der Waals surface area (Å²) < 4.78 is 14.4. The minimum Gasteiger partial charge on any atom is -0.360 e. The molecule has 1 saturated carbocycles. The summed E-state index contributed by atoms with van der Waals surface area (Å²) in [6, 6.07) is 6.61. The van der Waals surface area contributed by atoms with Gasteiger partial charge < -0.3 is 15.6 Å². The lowest BCUT2D eigenvalue weighted by atomic mass is 10.2. The molecule has 0 bridgehead atoms. The zero-order valence-electron chi connectivity index (χ0n) is 15.2. The first-order valence-electron chi connectivity index (χ1n) is 9.21. The van der Waals surface area contributed by atoms with Gasteiger partial charge in [0.05, 0.1) is 22.8 Å². The Balaban J connectivity index is 1.32. The van der Waals surface area contributed by atoms with Gasteiger partial charge in [-0.05, 0) is 31.9 Å². The van der Waals surface area contributed by atoms with Gasteiger partial charge in [0.15, 0.2) is 5.82 Å². The van der Waals surface area contributed by atoms with Crippen LogP contribution >= 0.6 is 0 Å². The summed E-state index contributed by atoms with van der Waals surface area (Å²) in [6.45, 7) is 1.82. The third-order valence-electron chi connectivity index (χ3n) is 4.79. The molecule has 9 heteroatoms. The number of fused-ring (bicyclic) bond motifs is 1. The van der Waals surface area contributed by atoms with Crippen molar-refractivity contribution in [1.82, 2.24) is 30.1 Å². The molecule has 0 radical (unpaired) electrons. The van der Waals surface area contributed by atoms with E-state index >= 15 is 0 Å². The number of nitrogens with zero attached hydrogens (tertiary/aromatic N) is 4. The number of pyridine rings is 1. The Kier molecular flexibility index (Phi) is 3.92. The Morgan fingerprint density at radius 3 is 2.93 bits per heavy atom. The van der Waals surface area contributed by atoms with E-state index in [-0.39, 0.29) is 5.82 Å². The number of nitrogens with one attached hydrogen (secondary N) is 4. The monoisotopic (exact) mass is 378 g/mol. The van der Waals surface area contributed by atoms with Gasteiger partial charge in [0, 0.05) is 36.1 Å². The summed E-state index contributed by atoms with van der Waals surface area (Å²) in [5.74, 6) is 1.92. The average Bonchev–Trinajstić information content (AvgIpc) is 3.25. The van der Waals surface area contributed by atoms with Gasteiger partial charge in [0.25, 0.3) is 0 Å². The van der Waals surface area contributed by atoms with Crippen LogP contribution < -0.4 is 10.6 Å². The molecule has 0 spiro atoms. The molecule has 1 atom stereocenters. The highest BCUT2D eigenvalue weighted by Crippen LogP contribution is 2.39. The fourth-order valence-electron chi connectivity index (χ4n) is 3.17. The van der Waals surface area contributed by atoms with Crippen LogP contribution in [0.5, 0.6) is 0 Å². The molecule has 28 heavy (non-hydrogen) atoms. The summed E-state index contributed by atoms with van der Waals surface area (Å²) in [5, 5.41) is 13.6. The number of aromatic amines is 2. The number of hydrogen-bond acceptors (Lipinski definition) is 6. The molecule has 0 saturated heterocycles. The molecule has 142 valence electrons. The second kappa shape index (κ2) is 6.59. The molecule has 1 fully saturated rings. The first-order valence-corrected chi connectivity index (χ1v) is 9.21. The van der Waals surface area contributed by atoms with Crippen molar-refractivity contribution in [2.75, 3.05) is 10.6 Å². The Labute approximate surface area is 160 Å². The van der Waals surface area contributed by atoms with Crippen molar-refractivity contribution in [3.8, 4) is 0 Å². The van der Waals surface area contributed by atoms with Crippen molar-refractivity contribution in [3.05, 3.63) is 53.9 Å². The molecule has 0 aliphatic heterocycles. The average molecular weight is 378 g/mol. The van der Waals surface area contributed by atoms with Crippen molar-refractivity contribution in [2.24, 2.45) is 0 Å². The topological polar surface area (TPSA) is 107 Å². The summed E-state index contributed by atoms with van der Waals surface area (Å²) in [5.41, 5.74) is 2.84. The minimum absolute atomic E-state index is 0.315. The fourth-order valence-corrected chi connectivity index (χ4v) is 3.17. The van der Waals surface area contributed by atoms with Crippen LogP contribution in [0.2, 0.25) is 0 Å². The standard InChI is InChI=1S/C19H19FN8/c1-10(18-12(20)8-15-13(24-18)4-6-21-15)23-19-22-7-5-16(26-19)25-17-9-14(27-28-17)11-2-3-11/h4-11,21H,2-3H2,1H3,(H3,22,23,25,26,27,28)/t10-/m0/s1. The van der Waals surface area contributed by atoms with Crippen LogP contribution in [-0.2, 0) is 0 Å². The molecule has 1 aliphatic carbocycles. The van der Waals surface area contributed by atoms with E-state index in [1.807, 2.05) is 19.1 Å². The van der Waals surface area contributed by atoms with Gasteiger partial charge in [-0.3, -0.25) is 5.10 Å². The third-order valence-corrected chi connectivity index (χ3v) is 4.79. The quantitative estimate of drug-likeness (QED) is 0.404. The van der Waals surface area contributed by atoms with Crippen molar-refractivity contribution < 1.29 is 4.39 Å². The van der Waals surface area contributed by atoms with Crippen LogP contribution in [0.15, 0.2) is 36.7 Å². The second-order valence-electron chi connectivity index (χ2n) is 7.01. The number of anilines is 3. The van der Waals surface area contributed by atoms with E-state index in [9.17, 15) is 4.39 Å². The molecule has 1 aliphatic rings. The van der Waals surface area contributed by atoms with E-state index < -0.39 is 6.04 Å². The molecule has 4 aromatic rings. The molecule has 0 unspecified atom stereocenters. The molecule has 4 heterocycles. The van der Waals surface area contributed by atoms with Crippen molar-refractivity contribution >= 4 is 28.6 Å². The Hall–Kier alpha value is -3.49. The molecule has 4 aromatic heterocycles. The van der Waals surface area contributed by atoms with Crippen LogP contribution in [0.4, 0.5) is 22.0 Å². The van der Waals surface area contributed by atoms with Crippen LogP contribution in [0, 0.1) is 5.82 Å². The van der Waals surface area contributed by atoms with Crippen molar-refractivity contribution in [3.63, 3.8) is 0 Å². The highest BCUT2D eigenvalue weighted by atomic mass is 19.1. The zero-order chi connectivity index (χ0) is 19.1. The van der Waals surface area contributed by atoms with Gasteiger partial charge >= 0.3 is 0 Å². The van der Waals surface area contributed by atoms with Crippen molar-refractivity contribution in [1.29, 1.82) is 0 Å². The van der Waals surface area contributed by atoms with Gasteiger partial charge in [-0.1, -0.05) is 0 Å². The van der Waals surface area contributed by atoms with Crippen LogP contribution in [0.25, 0.3) is 11.0 Å². The van der Waals surface area contributed by atoms with E-state index in [1.165, 1.54) is 18.9 Å². The largest absolute Gasteiger partial charge is 0.360 e. The Bertz CT molecular complexity index is 1130. The van der Waals surface area contributed by atoms with E-state index in [0.29, 0.717) is 40.2 Å². The SMILES string of the molecule is C[C@H](Nc1nccc(Nc2cc(C3CC3)[nH]n2)n1)c1nc2cc[nH]c2cc1F. The fraction of sp³-hybridized carbons (Fsp3) is 0.263. The number of aromatic nitrogens is 6. The minimum atomic E-state index is -0.401. The van der Waals surface area contributed by atoms with Crippen molar-refractivity contribution in [2.45, 2.75) is 31.7 Å². The number of hydrogen-bond donors (Lipinski definition) is 4. The van der Waals surface area contributed by atoms with Crippen LogP contribution in [-0.4, -0.2) is 30.1 Å². The molecule has 4 N–H and O–H groups in total. The lowest BCUT2D eigenvalue weighted by Crippen LogP contribution is -2.13. The normalized spacial score (nSPS) is 14.9. The maximum atomic E-state index is 14.4. The molecule has 0 amide bonds. The van der Waals surface area contributed by atoms with Gasteiger partial charge in [-0.2, -0.15) is 10.1 Å². The zero-order valence-corrected chi connectivity index (χ0v) is 15.2. The number of H-pyrrole nitrogens is 2. The van der Waals surface area contributed by atoms with E-state index in [2.05, 4.69) is 40.8 Å². The summed E-state index contributed by atoms with van der Waals surface area (Å²) in [7, 11) is 0. The van der Waals surface area contributed by atoms with Crippen LogP contribution in [0.1, 0.15) is 43.1 Å². The van der Waals surface area contributed by atoms with Gasteiger partial charge in [-0.15, -0.1) is 0 Å².